The van der Waals surface area contributed by atoms with E-state index >= 15 is 0 Å². The SMILES string of the molecule is O=S(=O)(NC1CCc2c(cnc3[nH]ncc23)C1)c1ccccc1C(F)(F)F. The van der Waals surface area contributed by atoms with E-state index in [4.69, 9.17) is 0 Å². The Balaban J connectivity index is 1.62. The van der Waals surface area contributed by atoms with Crippen LogP contribution in [0.15, 0.2) is 41.6 Å². The van der Waals surface area contributed by atoms with Gasteiger partial charge in [0.1, 0.15) is 0 Å². The largest absolute Gasteiger partial charge is 0.417 e. The number of aromatic amines is 1. The van der Waals surface area contributed by atoms with Crippen molar-refractivity contribution in [3.63, 3.8) is 0 Å². The lowest BCUT2D eigenvalue weighted by Gasteiger charge is -2.26. The van der Waals surface area contributed by atoms with Gasteiger partial charge < -0.3 is 0 Å². The molecule has 0 bridgehead atoms. The van der Waals surface area contributed by atoms with E-state index in [9.17, 15) is 21.6 Å². The summed E-state index contributed by atoms with van der Waals surface area (Å²) in [4.78, 5) is 3.49. The number of fused-ring (bicyclic) bond motifs is 3. The predicted molar refractivity (Wildman–Crippen MR) is 91.5 cm³/mol. The van der Waals surface area contributed by atoms with Crippen molar-refractivity contribution in [2.45, 2.75) is 36.4 Å². The van der Waals surface area contributed by atoms with Crippen molar-refractivity contribution in [2.24, 2.45) is 0 Å². The molecule has 0 radical (unpaired) electrons. The Labute approximate surface area is 152 Å². The van der Waals surface area contributed by atoms with Gasteiger partial charge in [0, 0.05) is 17.6 Å². The monoisotopic (exact) mass is 396 g/mol. The summed E-state index contributed by atoms with van der Waals surface area (Å²) in [6.07, 6.45) is -0.00388. The first-order chi connectivity index (χ1) is 12.8. The molecule has 27 heavy (non-hydrogen) atoms. The Morgan fingerprint density at radius 3 is 2.74 bits per heavy atom. The molecule has 4 rings (SSSR count). The Kier molecular flexibility index (Phi) is 4.19. The van der Waals surface area contributed by atoms with Gasteiger partial charge in [0.05, 0.1) is 16.7 Å². The van der Waals surface area contributed by atoms with Gasteiger partial charge in [0.15, 0.2) is 5.65 Å². The van der Waals surface area contributed by atoms with E-state index in [1.807, 2.05) is 0 Å². The molecule has 1 unspecified atom stereocenters. The van der Waals surface area contributed by atoms with E-state index in [2.05, 4.69) is 19.9 Å². The highest BCUT2D eigenvalue weighted by atomic mass is 32.2. The quantitative estimate of drug-likeness (QED) is 0.713. The van der Waals surface area contributed by atoms with Gasteiger partial charge in [-0.3, -0.25) is 5.10 Å². The van der Waals surface area contributed by atoms with Crippen molar-refractivity contribution in [2.75, 3.05) is 0 Å². The number of hydrogen-bond donors (Lipinski definition) is 2. The minimum absolute atomic E-state index is 0.358. The highest BCUT2D eigenvalue weighted by molar-refractivity contribution is 7.89. The van der Waals surface area contributed by atoms with Crippen molar-refractivity contribution >= 4 is 21.1 Å². The Hall–Kier alpha value is -2.46. The number of benzene rings is 1. The second-order valence-corrected chi connectivity index (χ2v) is 8.13. The molecule has 2 N–H and O–H groups in total. The molecule has 2 aromatic heterocycles. The predicted octanol–water partition coefficient (Wildman–Crippen LogP) is 2.81. The molecule has 1 atom stereocenters. The van der Waals surface area contributed by atoms with Gasteiger partial charge >= 0.3 is 6.18 Å². The molecule has 1 aliphatic carbocycles. The van der Waals surface area contributed by atoms with Crippen LogP contribution in [0, 0.1) is 0 Å². The van der Waals surface area contributed by atoms with Gasteiger partial charge in [-0.1, -0.05) is 12.1 Å². The number of sulfonamides is 1. The maximum atomic E-state index is 13.2. The summed E-state index contributed by atoms with van der Waals surface area (Å²) in [6.45, 7) is 0. The van der Waals surface area contributed by atoms with Gasteiger partial charge in [-0.15, -0.1) is 0 Å². The summed E-state index contributed by atoms with van der Waals surface area (Å²) in [6, 6.07) is 3.68. The van der Waals surface area contributed by atoms with Crippen LogP contribution >= 0.6 is 0 Å². The van der Waals surface area contributed by atoms with Gasteiger partial charge in [0.25, 0.3) is 0 Å². The fraction of sp³-hybridized carbons (Fsp3) is 0.294. The standard InChI is InChI=1S/C17H15F3N4O2S/c18-17(19,20)14-3-1-2-4-15(14)27(25,26)24-11-5-6-12-10(7-11)8-21-16-13(12)9-22-23-16/h1-4,8-9,11,24H,5-7H2,(H,21,22,23). The van der Waals surface area contributed by atoms with Gasteiger partial charge in [-0.25, -0.2) is 18.1 Å². The molecule has 0 amide bonds. The van der Waals surface area contributed by atoms with Crippen molar-refractivity contribution < 1.29 is 21.6 Å². The maximum Gasteiger partial charge on any atom is 0.417 e. The van der Waals surface area contributed by atoms with Crippen molar-refractivity contribution in [1.29, 1.82) is 0 Å². The van der Waals surface area contributed by atoms with Crippen LogP contribution in [0.4, 0.5) is 13.2 Å². The number of pyridine rings is 1. The van der Waals surface area contributed by atoms with Gasteiger partial charge in [0.2, 0.25) is 10.0 Å². The van der Waals surface area contributed by atoms with Crippen molar-refractivity contribution in [1.82, 2.24) is 19.9 Å². The van der Waals surface area contributed by atoms with E-state index in [-0.39, 0.29) is 0 Å². The normalized spacial score (nSPS) is 17.8. The van der Waals surface area contributed by atoms with E-state index < -0.39 is 32.7 Å². The summed E-state index contributed by atoms with van der Waals surface area (Å²) in [5, 5.41) is 7.62. The molecule has 1 aromatic carbocycles. The third-order valence-electron chi connectivity index (χ3n) is 4.69. The van der Waals surface area contributed by atoms with Gasteiger partial charge in [-0.2, -0.15) is 18.3 Å². The van der Waals surface area contributed by atoms with Crippen molar-refractivity contribution in [3.8, 4) is 0 Å². The number of nitrogens with one attached hydrogen (secondary N) is 2. The first-order valence-electron chi connectivity index (χ1n) is 8.24. The summed E-state index contributed by atoms with van der Waals surface area (Å²) >= 11 is 0. The smallest absolute Gasteiger partial charge is 0.261 e. The molecule has 0 saturated heterocycles. The molecule has 0 saturated carbocycles. The molecule has 3 aromatic rings. The number of hydrogen-bond acceptors (Lipinski definition) is 4. The van der Waals surface area contributed by atoms with E-state index in [0.29, 0.717) is 24.9 Å². The fourth-order valence-electron chi connectivity index (χ4n) is 3.47. The number of nitrogens with zero attached hydrogens (tertiary/aromatic N) is 2. The van der Waals surface area contributed by atoms with Crippen LogP contribution in [0.3, 0.4) is 0 Å². The average molecular weight is 396 g/mol. The average Bonchev–Trinajstić information content (AvgIpc) is 3.09. The highest BCUT2D eigenvalue weighted by Crippen LogP contribution is 2.34. The van der Waals surface area contributed by atoms with Gasteiger partial charge in [-0.05, 0) is 42.5 Å². The topological polar surface area (TPSA) is 87.7 Å². The number of H-pyrrole nitrogens is 1. The molecule has 2 heterocycles. The fourth-order valence-corrected chi connectivity index (χ4v) is 4.97. The lowest BCUT2D eigenvalue weighted by atomic mass is 9.88. The zero-order valence-corrected chi connectivity index (χ0v) is 14.7. The Morgan fingerprint density at radius 1 is 1.19 bits per heavy atom. The first kappa shape index (κ1) is 17.9. The number of aryl methyl sites for hydroxylation is 1. The second-order valence-electron chi connectivity index (χ2n) is 6.45. The zero-order chi connectivity index (χ0) is 19.2. The Morgan fingerprint density at radius 2 is 1.96 bits per heavy atom. The van der Waals surface area contributed by atoms with Crippen LogP contribution in [-0.2, 0) is 29.0 Å². The van der Waals surface area contributed by atoms with E-state index in [0.717, 1.165) is 28.6 Å². The molecular weight excluding hydrogens is 381 g/mol. The maximum absolute atomic E-state index is 13.2. The lowest BCUT2D eigenvalue weighted by Crippen LogP contribution is -2.39. The number of alkyl halides is 3. The third-order valence-corrected chi connectivity index (χ3v) is 6.27. The minimum Gasteiger partial charge on any atom is -0.261 e. The Bertz CT molecular complexity index is 1110. The first-order valence-corrected chi connectivity index (χ1v) is 9.72. The number of halogens is 3. The zero-order valence-electron chi connectivity index (χ0n) is 13.9. The molecule has 6 nitrogen and oxygen atoms in total. The number of aromatic nitrogens is 3. The van der Waals surface area contributed by atoms with Crippen LogP contribution in [0.5, 0.6) is 0 Å². The lowest BCUT2D eigenvalue weighted by molar-refractivity contribution is -0.139. The number of rotatable bonds is 3. The molecule has 0 fully saturated rings. The van der Waals surface area contributed by atoms with E-state index in [1.165, 1.54) is 12.1 Å². The van der Waals surface area contributed by atoms with Crippen molar-refractivity contribution in [3.05, 3.63) is 53.3 Å². The molecule has 1 aliphatic rings. The van der Waals surface area contributed by atoms with Crippen LogP contribution in [0.2, 0.25) is 0 Å². The highest BCUT2D eigenvalue weighted by Gasteiger charge is 2.37. The van der Waals surface area contributed by atoms with Crippen LogP contribution in [0.25, 0.3) is 11.0 Å². The summed E-state index contributed by atoms with van der Waals surface area (Å²) < 4.78 is 67.1. The molecule has 0 aliphatic heterocycles. The summed E-state index contributed by atoms with van der Waals surface area (Å²) in [5.74, 6) is 0. The summed E-state index contributed by atoms with van der Waals surface area (Å²) in [7, 11) is -4.32. The molecule has 10 heteroatoms. The third kappa shape index (κ3) is 3.30. The summed E-state index contributed by atoms with van der Waals surface area (Å²) in [5.41, 5.74) is 1.40. The van der Waals surface area contributed by atoms with E-state index in [1.54, 1.807) is 12.4 Å². The van der Waals surface area contributed by atoms with Crippen LogP contribution in [-0.4, -0.2) is 29.6 Å². The molecular formula is C17H15F3N4O2S. The molecule has 142 valence electrons. The van der Waals surface area contributed by atoms with Crippen LogP contribution in [0.1, 0.15) is 23.1 Å². The minimum atomic E-state index is -4.75. The van der Waals surface area contributed by atoms with Crippen LogP contribution < -0.4 is 4.72 Å². The molecule has 0 spiro atoms. The second kappa shape index (κ2) is 6.31.